The van der Waals surface area contributed by atoms with Crippen LogP contribution >= 0.6 is 11.6 Å². The number of carboxylic acid groups (broad SMARTS) is 1. The van der Waals surface area contributed by atoms with Crippen molar-refractivity contribution in [2.75, 3.05) is 23.6 Å². The van der Waals surface area contributed by atoms with Gasteiger partial charge in [-0.15, -0.1) is 5.23 Å². The zero-order chi connectivity index (χ0) is 14.7. The fourth-order valence-electron chi connectivity index (χ4n) is 2.14. The Labute approximate surface area is 119 Å². The van der Waals surface area contributed by atoms with Crippen LogP contribution < -0.4 is 10.5 Å². The normalized spacial score (nSPS) is 18.1. The van der Waals surface area contributed by atoms with E-state index in [1.165, 1.54) is 4.90 Å². The summed E-state index contributed by atoms with van der Waals surface area (Å²) in [5.74, 6) is 0.118. The molecule has 1 fully saturated rings. The Morgan fingerprint density at radius 1 is 1.60 bits per heavy atom. The molecule has 4 N–H and O–H groups in total. The maximum atomic E-state index is 11.0. The average Bonchev–Trinajstić information content (AvgIpc) is 2.84. The molecule has 0 aliphatic carbocycles. The summed E-state index contributed by atoms with van der Waals surface area (Å²) in [6.45, 7) is 0.783. The first-order valence-electron chi connectivity index (χ1n) is 5.93. The lowest BCUT2D eigenvalue weighted by molar-refractivity contribution is 0.0292. The Morgan fingerprint density at radius 3 is 3.00 bits per heavy atom. The second kappa shape index (κ2) is 6.07. The minimum atomic E-state index is -0.971. The highest BCUT2D eigenvalue weighted by atomic mass is 35.5. The van der Waals surface area contributed by atoms with E-state index < -0.39 is 6.09 Å². The van der Waals surface area contributed by atoms with Gasteiger partial charge in [0.15, 0.2) is 11.5 Å². The molecule has 1 aromatic rings. The van der Waals surface area contributed by atoms with Gasteiger partial charge in [-0.1, -0.05) is 0 Å². The predicted octanol–water partition coefficient (Wildman–Crippen LogP) is 1.27. The van der Waals surface area contributed by atoms with Gasteiger partial charge in [-0.3, -0.25) is 10.4 Å². The molecule has 110 valence electrons. The van der Waals surface area contributed by atoms with Crippen molar-refractivity contribution in [3.8, 4) is 0 Å². The molecule has 1 amide bonds. The van der Waals surface area contributed by atoms with Crippen LogP contribution in [0.1, 0.15) is 12.8 Å². The van der Waals surface area contributed by atoms with Crippen LogP contribution in [-0.4, -0.2) is 55.6 Å². The highest BCUT2D eigenvalue weighted by Crippen LogP contribution is 2.23. The molecule has 2 rings (SSSR count). The fourth-order valence-corrected chi connectivity index (χ4v) is 2.28. The van der Waals surface area contributed by atoms with Gasteiger partial charge < -0.3 is 15.3 Å². The van der Waals surface area contributed by atoms with Crippen LogP contribution in [-0.2, 0) is 0 Å². The number of hydrogen-bond acceptors (Lipinski definition) is 7. The molecule has 0 radical (unpaired) electrons. The molecule has 0 bridgehead atoms. The van der Waals surface area contributed by atoms with Crippen LogP contribution in [0.15, 0.2) is 6.20 Å². The number of nitrogens with one attached hydrogen (secondary N) is 1. The van der Waals surface area contributed by atoms with Gasteiger partial charge in [-0.25, -0.2) is 9.78 Å². The van der Waals surface area contributed by atoms with Crippen molar-refractivity contribution in [1.82, 2.24) is 14.9 Å². The van der Waals surface area contributed by atoms with Crippen molar-refractivity contribution < 1.29 is 20.3 Å². The predicted molar refractivity (Wildman–Crippen MR) is 69.3 cm³/mol. The number of anilines is 2. The molecule has 1 atom stereocenters. The molecule has 0 aromatic carbocycles. The lowest BCUT2D eigenvalue weighted by Gasteiger charge is -2.22. The van der Waals surface area contributed by atoms with E-state index in [1.807, 2.05) is 0 Å². The van der Waals surface area contributed by atoms with E-state index in [4.69, 9.17) is 27.1 Å². The van der Waals surface area contributed by atoms with E-state index in [-0.39, 0.29) is 28.1 Å². The van der Waals surface area contributed by atoms with Crippen molar-refractivity contribution in [2.24, 2.45) is 0 Å². The molecule has 10 heteroatoms. The lowest BCUT2D eigenvalue weighted by Crippen LogP contribution is -2.38. The number of amides is 1. The molecule has 1 saturated heterocycles. The summed E-state index contributed by atoms with van der Waals surface area (Å²) in [7, 11) is 0. The molecule has 20 heavy (non-hydrogen) atoms. The molecular formula is C10H14ClN5O4. The van der Waals surface area contributed by atoms with Gasteiger partial charge in [0.1, 0.15) is 0 Å². The van der Waals surface area contributed by atoms with E-state index in [2.05, 4.69) is 15.3 Å². The van der Waals surface area contributed by atoms with Crippen molar-refractivity contribution in [3.05, 3.63) is 11.5 Å². The smallest absolute Gasteiger partial charge is 0.407 e. The summed E-state index contributed by atoms with van der Waals surface area (Å²) in [5, 5.41) is 29.8. The van der Waals surface area contributed by atoms with Gasteiger partial charge in [0.05, 0.1) is 12.2 Å². The maximum Gasteiger partial charge on any atom is 0.407 e. The molecule has 0 spiro atoms. The van der Waals surface area contributed by atoms with E-state index in [0.29, 0.717) is 13.1 Å². The van der Waals surface area contributed by atoms with E-state index >= 15 is 0 Å². The van der Waals surface area contributed by atoms with E-state index in [0.717, 1.165) is 19.0 Å². The molecule has 2 heterocycles. The summed E-state index contributed by atoms with van der Waals surface area (Å²) in [4.78, 5) is 19.8. The summed E-state index contributed by atoms with van der Waals surface area (Å²) >= 11 is 5.65. The Balaban J connectivity index is 2.07. The lowest BCUT2D eigenvalue weighted by atomic mass is 10.2. The minimum absolute atomic E-state index is 0.0559. The topological polar surface area (TPSA) is 122 Å². The largest absolute Gasteiger partial charge is 0.465 e. The molecule has 0 saturated carbocycles. The second-order valence-corrected chi connectivity index (χ2v) is 4.65. The van der Waals surface area contributed by atoms with Crippen molar-refractivity contribution in [3.63, 3.8) is 0 Å². The zero-order valence-electron chi connectivity index (χ0n) is 10.4. The first-order chi connectivity index (χ1) is 9.49. The SMILES string of the molecule is O=C(O)N1CCC[C@H]1CNc1nc(Cl)ncc1N(O)O. The van der Waals surface area contributed by atoms with Gasteiger partial charge in [0.2, 0.25) is 5.28 Å². The van der Waals surface area contributed by atoms with Crippen LogP contribution in [0.5, 0.6) is 0 Å². The van der Waals surface area contributed by atoms with E-state index in [1.54, 1.807) is 0 Å². The third kappa shape index (κ3) is 3.18. The molecule has 9 nitrogen and oxygen atoms in total. The second-order valence-electron chi connectivity index (χ2n) is 4.32. The van der Waals surface area contributed by atoms with Gasteiger partial charge in [0.25, 0.3) is 0 Å². The number of nitrogens with zero attached hydrogens (tertiary/aromatic N) is 4. The number of aromatic nitrogens is 2. The third-order valence-corrected chi connectivity index (χ3v) is 3.27. The Hall–Kier alpha value is -1.84. The molecule has 1 aliphatic rings. The maximum absolute atomic E-state index is 11.0. The average molecular weight is 304 g/mol. The van der Waals surface area contributed by atoms with Gasteiger partial charge in [-0.05, 0) is 24.4 Å². The molecular weight excluding hydrogens is 290 g/mol. The number of halogens is 1. The Bertz CT molecular complexity index is 501. The summed E-state index contributed by atoms with van der Waals surface area (Å²) in [6.07, 6.45) is 1.69. The third-order valence-electron chi connectivity index (χ3n) is 3.08. The van der Waals surface area contributed by atoms with Gasteiger partial charge in [0, 0.05) is 13.1 Å². The Morgan fingerprint density at radius 2 is 2.35 bits per heavy atom. The number of likely N-dealkylation sites (tertiary alicyclic amines) is 1. The summed E-state index contributed by atoms with van der Waals surface area (Å²) in [5.41, 5.74) is -0.0747. The highest BCUT2D eigenvalue weighted by Gasteiger charge is 2.28. The van der Waals surface area contributed by atoms with Crippen molar-refractivity contribution in [2.45, 2.75) is 18.9 Å². The number of carbonyl (C=O) groups is 1. The van der Waals surface area contributed by atoms with Gasteiger partial charge in [-0.2, -0.15) is 4.98 Å². The Kier molecular flexibility index (Phi) is 4.42. The monoisotopic (exact) mass is 303 g/mol. The summed E-state index contributed by atoms with van der Waals surface area (Å²) < 4.78 is 0. The first kappa shape index (κ1) is 14.6. The van der Waals surface area contributed by atoms with Crippen molar-refractivity contribution in [1.29, 1.82) is 0 Å². The molecule has 1 aromatic heterocycles. The molecule has 0 unspecified atom stereocenters. The van der Waals surface area contributed by atoms with Crippen LogP contribution in [0.2, 0.25) is 5.28 Å². The number of hydrogen-bond donors (Lipinski definition) is 4. The van der Waals surface area contributed by atoms with Crippen LogP contribution in [0.25, 0.3) is 0 Å². The van der Waals surface area contributed by atoms with Crippen LogP contribution in [0.4, 0.5) is 16.3 Å². The van der Waals surface area contributed by atoms with E-state index in [9.17, 15) is 4.79 Å². The fraction of sp³-hybridized carbons (Fsp3) is 0.500. The minimum Gasteiger partial charge on any atom is -0.465 e. The molecule has 1 aliphatic heterocycles. The van der Waals surface area contributed by atoms with Crippen molar-refractivity contribution >= 4 is 29.2 Å². The summed E-state index contributed by atoms with van der Waals surface area (Å²) in [6, 6.07) is -0.195. The zero-order valence-corrected chi connectivity index (χ0v) is 11.2. The quantitative estimate of drug-likeness (QED) is 0.484. The van der Waals surface area contributed by atoms with Crippen LogP contribution in [0.3, 0.4) is 0 Å². The standard InChI is InChI=1S/C10H14ClN5O4/c11-9-13-5-7(16(19)20)8(14-9)12-4-6-2-1-3-15(6)10(17)18/h5-6,19-20H,1-4H2,(H,17,18)(H,12,13,14)/t6-/m0/s1. The highest BCUT2D eigenvalue weighted by molar-refractivity contribution is 6.28. The van der Waals surface area contributed by atoms with Gasteiger partial charge >= 0.3 is 6.09 Å². The first-order valence-corrected chi connectivity index (χ1v) is 6.30. The van der Waals surface area contributed by atoms with Crippen LogP contribution in [0, 0.1) is 0 Å². The number of rotatable bonds is 4.